The second-order valence-corrected chi connectivity index (χ2v) is 6.09. The van der Waals surface area contributed by atoms with Gasteiger partial charge in [0.15, 0.2) is 0 Å². The number of methoxy groups -OCH3 is 1. The van der Waals surface area contributed by atoms with Crippen LogP contribution in [-0.4, -0.2) is 25.0 Å². The van der Waals surface area contributed by atoms with Gasteiger partial charge in [0, 0.05) is 12.0 Å². The van der Waals surface area contributed by atoms with Crippen molar-refractivity contribution in [2.75, 3.05) is 7.11 Å². The first-order valence-electron chi connectivity index (χ1n) is 8.48. The van der Waals surface area contributed by atoms with Gasteiger partial charge < -0.3 is 10.1 Å². The highest BCUT2D eigenvalue weighted by Crippen LogP contribution is 2.19. The number of nitrogens with one attached hydrogen (secondary N) is 1. The van der Waals surface area contributed by atoms with Gasteiger partial charge in [-0.05, 0) is 34.5 Å². The SMILES string of the molecule is COC(=O)[C@@H](Cc1cccc(C#N)c1)NC(=O)c1cccc2ccccc12. The molecule has 3 rings (SSSR count). The molecule has 0 fully saturated rings. The maximum absolute atomic E-state index is 12.8. The van der Waals surface area contributed by atoms with Gasteiger partial charge in [-0.1, -0.05) is 48.5 Å². The Labute approximate surface area is 157 Å². The average molecular weight is 358 g/mol. The monoisotopic (exact) mass is 358 g/mol. The van der Waals surface area contributed by atoms with E-state index in [-0.39, 0.29) is 12.3 Å². The third-order valence-electron chi connectivity index (χ3n) is 4.32. The summed E-state index contributed by atoms with van der Waals surface area (Å²) in [5, 5.41) is 13.6. The molecule has 3 aromatic carbocycles. The highest BCUT2D eigenvalue weighted by molar-refractivity contribution is 6.08. The fourth-order valence-electron chi connectivity index (χ4n) is 3.00. The number of esters is 1. The van der Waals surface area contributed by atoms with Gasteiger partial charge in [-0.3, -0.25) is 4.79 Å². The largest absolute Gasteiger partial charge is 0.467 e. The molecule has 134 valence electrons. The van der Waals surface area contributed by atoms with Crippen molar-refractivity contribution in [3.05, 3.63) is 83.4 Å². The van der Waals surface area contributed by atoms with Crippen LogP contribution in [0.1, 0.15) is 21.5 Å². The van der Waals surface area contributed by atoms with Crippen molar-refractivity contribution in [2.45, 2.75) is 12.5 Å². The second kappa shape index (κ2) is 8.15. The summed E-state index contributed by atoms with van der Waals surface area (Å²) in [5.74, 6) is -0.885. The van der Waals surface area contributed by atoms with E-state index in [4.69, 9.17) is 10.00 Å². The maximum Gasteiger partial charge on any atom is 0.328 e. The summed E-state index contributed by atoms with van der Waals surface area (Å²) in [6.07, 6.45) is 0.235. The molecule has 0 aliphatic heterocycles. The second-order valence-electron chi connectivity index (χ2n) is 6.09. The van der Waals surface area contributed by atoms with Gasteiger partial charge in [0.05, 0.1) is 18.7 Å². The molecule has 1 atom stereocenters. The lowest BCUT2D eigenvalue weighted by Gasteiger charge is -2.17. The van der Waals surface area contributed by atoms with E-state index in [1.165, 1.54) is 7.11 Å². The third-order valence-corrected chi connectivity index (χ3v) is 4.32. The molecule has 0 unspecified atom stereocenters. The highest BCUT2D eigenvalue weighted by Gasteiger charge is 2.23. The van der Waals surface area contributed by atoms with Gasteiger partial charge in [-0.15, -0.1) is 0 Å². The van der Waals surface area contributed by atoms with E-state index in [0.717, 1.165) is 16.3 Å². The first-order chi connectivity index (χ1) is 13.1. The van der Waals surface area contributed by atoms with Crippen LogP contribution in [0.5, 0.6) is 0 Å². The summed E-state index contributed by atoms with van der Waals surface area (Å²) in [5.41, 5.74) is 1.76. The Morgan fingerprint density at radius 3 is 2.59 bits per heavy atom. The maximum atomic E-state index is 12.8. The van der Waals surface area contributed by atoms with Crippen LogP contribution in [0.4, 0.5) is 0 Å². The van der Waals surface area contributed by atoms with Gasteiger partial charge in [0.25, 0.3) is 5.91 Å². The first kappa shape index (κ1) is 18.2. The molecule has 0 spiro atoms. The number of nitriles is 1. The fourth-order valence-corrected chi connectivity index (χ4v) is 3.00. The van der Waals surface area contributed by atoms with Crippen molar-refractivity contribution in [3.8, 4) is 6.07 Å². The smallest absolute Gasteiger partial charge is 0.328 e. The molecular weight excluding hydrogens is 340 g/mol. The van der Waals surface area contributed by atoms with E-state index in [0.29, 0.717) is 11.1 Å². The van der Waals surface area contributed by atoms with Gasteiger partial charge in [0.1, 0.15) is 6.04 Å². The molecule has 0 heterocycles. The number of benzene rings is 3. The molecular formula is C22H18N2O3. The quantitative estimate of drug-likeness (QED) is 0.710. The van der Waals surface area contributed by atoms with E-state index in [2.05, 4.69) is 11.4 Å². The molecule has 3 aromatic rings. The van der Waals surface area contributed by atoms with E-state index in [9.17, 15) is 9.59 Å². The molecule has 5 nitrogen and oxygen atoms in total. The molecule has 27 heavy (non-hydrogen) atoms. The molecule has 0 aliphatic carbocycles. The Balaban J connectivity index is 1.86. The lowest BCUT2D eigenvalue weighted by atomic mass is 10.0. The lowest BCUT2D eigenvalue weighted by molar-refractivity contribution is -0.142. The summed E-state index contributed by atoms with van der Waals surface area (Å²) >= 11 is 0. The zero-order valence-corrected chi connectivity index (χ0v) is 14.8. The number of ether oxygens (including phenoxy) is 1. The summed E-state index contributed by atoms with van der Waals surface area (Å²) in [7, 11) is 1.28. The Morgan fingerprint density at radius 1 is 1.07 bits per heavy atom. The normalized spacial score (nSPS) is 11.4. The van der Waals surface area contributed by atoms with Gasteiger partial charge in [0.2, 0.25) is 0 Å². The van der Waals surface area contributed by atoms with Crippen LogP contribution >= 0.6 is 0 Å². The van der Waals surface area contributed by atoms with Crippen LogP contribution in [0.25, 0.3) is 10.8 Å². The number of hydrogen-bond acceptors (Lipinski definition) is 4. The standard InChI is InChI=1S/C22H18N2O3/c1-27-22(26)20(13-15-6-4-7-16(12-15)14-23)24-21(25)19-11-5-9-17-8-2-3-10-18(17)19/h2-12,20H,13H2,1H3,(H,24,25)/t20-/m1/s1. The molecule has 0 bridgehead atoms. The number of carbonyl (C=O) groups is 2. The summed E-state index contributed by atoms with van der Waals surface area (Å²) in [6.45, 7) is 0. The predicted molar refractivity (Wildman–Crippen MR) is 102 cm³/mol. The van der Waals surface area contributed by atoms with E-state index >= 15 is 0 Å². The van der Waals surface area contributed by atoms with Crippen molar-refractivity contribution < 1.29 is 14.3 Å². The molecule has 0 saturated carbocycles. The van der Waals surface area contributed by atoms with Crippen molar-refractivity contribution in [1.82, 2.24) is 5.32 Å². The van der Waals surface area contributed by atoms with Gasteiger partial charge in [-0.2, -0.15) is 5.26 Å². The predicted octanol–water partition coefficient (Wildman–Crippen LogP) is 3.23. The molecule has 1 N–H and O–H groups in total. The van der Waals surface area contributed by atoms with Crippen LogP contribution in [0.3, 0.4) is 0 Å². The van der Waals surface area contributed by atoms with Crippen LogP contribution in [0.15, 0.2) is 66.7 Å². The van der Waals surface area contributed by atoms with Crippen LogP contribution in [-0.2, 0) is 16.0 Å². The number of nitrogens with zero attached hydrogens (tertiary/aromatic N) is 1. The van der Waals surface area contributed by atoms with Crippen molar-refractivity contribution >= 4 is 22.6 Å². The van der Waals surface area contributed by atoms with E-state index in [1.807, 2.05) is 30.3 Å². The van der Waals surface area contributed by atoms with Crippen LogP contribution < -0.4 is 5.32 Å². The number of rotatable bonds is 5. The fraction of sp³-hybridized carbons (Fsp3) is 0.136. The van der Waals surface area contributed by atoms with Crippen molar-refractivity contribution in [1.29, 1.82) is 5.26 Å². The minimum absolute atomic E-state index is 0.235. The Kier molecular flexibility index (Phi) is 5.48. The summed E-state index contributed by atoms with van der Waals surface area (Å²) in [6, 6.07) is 21.2. The highest BCUT2D eigenvalue weighted by atomic mass is 16.5. The Bertz CT molecular complexity index is 1030. The number of amides is 1. The first-order valence-corrected chi connectivity index (χ1v) is 8.48. The van der Waals surface area contributed by atoms with Crippen LogP contribution in [0.2, 0.25) is 0 Å². The van der Waals surface area contributed by atoms with Gasteiger partial charge in [-0.25, -0.2) is 4.79 Å². The minimum Gasteiger partial charge on any atom is -0.467 e. The third kappa shape index (κ3) is 4.13. The lowest BCUT2D eigenvalue weighted by Crippen LogP contribution is -2.43. The Hall–Kier alpha value is -3.65. The molecule has 1 amide bonds. The molecule has 0 aliphatic rings. The van der Waals surface area contributed by atoms with Crippen LogP contribution in [0, 0.1) is 11.3 Å². The Morgan fingerprint density at radius 2 is 1.81 bits per heavy atom. The minimum atomic E-state index is -0.851. The topological polar surface area (TPSA) is 79.2 Å². The number of fused-ring (bicyclic) bond motifs is 1. The zero-order chi connectivity index (χ0) is 19.2. The van der Waals surface area contributed by atoms with Gasteiger partial charge >= 0.3 is 5.97 Å². The van der Waals surface area contributed by atoms with Crippen molar-refractivity contribution in [3.63, 3.8) is 0 Å². The number of hydrogen-bond donors (Lipinski definition) is 1. The zero-order valence-electron chi connectivity index (χ0n) is 14.8. The summed E-state index contributed by atoms with van der Waals surface area (Å²) < 4.78 is 4.85. The molecule has 0 aromatic heterocycles. The molecule has 0 saturated heterocycles. The number of carbonyl (C=O) groups excluding carboxylic acids is 2. The average Bonchev–Trinajstić information content (AvgIpc) is 2.72. The summed E-state index contributed by atoms with van der Waals surface area (Å²) in [4.78, 5) is 25.0. The molecule has 5 heteroatoms. The van der Waals surface area contributed by atoms with E-state index < -0.39 is 12.0 Å². The van der Waals surface area contributed by atoms with Crippen molar-refractivity contribution in [2.24, 2.45) is 0 Å². The van der Waals surface area contributed by atoms with E-state index in [1.54, 1.807) is 36.4 Å². The molecule has 0 radical (unpaired) electrons.